The van der Waals surface area contributed by atoms with Crippen LogP contribution in [0.3, 0.4) is 0 Å². The fourth-order valence-electron chi connectivity index (χ4n) is 4.11. The van der Waals surface area contributed by atoms with Gasteiger partial charge in [0.25, 0.3) is 10.0 Å². The minimum Gasteiger partial charge on any atom is -0.354 e. The van der Waals surface area contributed by atoms with E-state index in [2.05, 4.69) is 21.2 Å². The third-order valence-electron chi connectivity index (χ3n) is 6.09. The highest BCUT2D eigenvalue weighted by atomic mass is 79.9. The number of carbonyl (C=O) groups excluding carboxylic acids is 2. The number of benzene rings is 3. The van der Waals surface area contributed by atoms with Crippen molar-refractivity contribution in [3.05, 3.63) is 94.0 Å². The van der Waals surface area contributed by atoms with Crippen LogP contribution >= 0.6 is 15.9 Å². The van der Waals surface area contributed by atoms with E-state index in [4.69, 9.17) is 0 Å². The maximum absolute atomic E-state index is 13.9. The molecule has 0 spiro atoms. The van der Waals surface area contributed by atoms with Crippen LogP contribution in [0.15, 0.2) is 82.2 Å². The Bertz CT molecular complexity index is 1340. The fraction of sp³-hybridized carbons (Fsp3) is 0.310. The molecule has 0 bridgehead atoms. The Labute approximate surface area is 234 Å². The van der Waals surface area contributed by atoms with Crippen molar-refractivity contribution in [3.8, 4) is 0 Å². The van der Waals surface area contributed by atoms with Crippen molar-refractivity contribution < 1.29 is 18.0 Å². The van der Waals surface area contributed by atoms with E-state index in [0.29, 0.717) is 12.2 Å². The molecule has 0 aliphatic carbocycles. The lowest BCUT2D eigenvalue weighted by atomic mass is 10.1. The van der Waals surface area contributed by atoms with E-state index in [1.807, 2.05) is 51.1 Å². The summed E-state index contributed by atoms with van der Waals surface area (Å²) in [5, 5.41) is 2.85. The van der Waals surface area contributed by atoms with E-state index in [9.17, 15) is 18.0 Å². The van der Waals surface area contributed by atoms with Gasteiger partial charge in [0.1, 0.15) is 12.6 Å². The second kappa shape index (κ2) is 13.1. The molecule has 0 heterocycles. The van der Waals surface area contributed by atoms with Crippen molar-refractivity contribution in [2.24, 2.45) is 0 Å². The fourth-order valence-corrected chi connectivity index (χ4v) is 5.79. The van der Waals surface area contributed by atoms with Crippen molar-refractivity contribution in [3.63, 3.8) is 0 Å². The number of aryl methyl sites for hydroxylation is 2. The zero-order valence-electron chi connectivity index (χ0n) is 22.1. The first kappa shape index (κ1) is 29.4. The summed E-state index contributed by atoms with van der Waals surface area (Å²) in [5.74, 6) is -0.771. The summed E-state index contributed by atoms with van der Waals surface area (Å²) in [5.41, 5.74) is 2.96. The molecular formula is C29H34BrN3O4S. The topological polar surface area (TPSA) is 86.8 Å². The summed E-state index contributed by atoms with van der Waals surface area (Å²) >= 11 is 3.42. The number of sulfonamides is 1. The Morgan fingerprint density at radius 3 is 2.13 bits per heavy atom. The summed E-state index contributed by atoms with van der Waals surface area (Å²) in [6, 6.07) is 20.1. The SMILES string of the molecule is CCCNC(=O)[C@H](C)N(Cc1ccc(Br)cc1)C(=O)CN(c1cc(C)cc(C)c1)S(=O)(=O)c1ccccc1. The van der Waals surface area contributed by atoms with Gasteiger partial charge >= 0.3 is 0 Å². The number of nitrogens with one attached hydrogen (secondary N) is 1. The summed E-state index contributed by atoms with van der Waals surface area (Å²) in [7, 11) is -4.08. The molecule has 3 rings (SSSR count). The monoisotopic (exact) mass is 599 g/mol. The molecule has 202 valence electrons. The van der Waals surface area contributed by atoms with Crippen molar-refractivity contribution in [1.29, 1.82) is 0 Å². The van der Waals surface area contributed by atoms with Crippen LogP contribution in [-0.2, 0) is 26.2 Å². The second-order valence-corrected chi connectivity index (χ2v) is 12.1. The average molecular weight is 601 g/mol. The highest BCUT2D eigenvalue weighted by Crippen LogP contribution is 2.26. The molecule has 0 aliphatic heterocycles. The normalized spacial score (nSPS) is 12.0. The lowest BCUT2D eigenvalue weighted by Crippen LogP contribution is -2.51. The van der Waals surface area contributed by atoms with E-state index in [1.165, 1.54) is 17.0 Å². The van der Waals surface area contributed by atoms with E-state index in [0.717, 1.165) is 31.9 Å². The average Bonchev–Trinajstić information content (AvgIpc) is 2.89. The quantitative estimate of drug-likeness (QED) is 0.328. The van der Waals surface area contributed by atoms with Crippen LogP contribution in [0.2, 0.25) is 0 Å². The molecule has 7 nitrogen and oxygen atoms in total. The van der Waals surface area contributed by atoms with E-state index < -0.39 is 28.5 Å². The minimum absolute atomic E-state index is 0.0835. The van der Waals surface area contributed by atoms with Crippen LogP contribution < -0.4 is 9.62 Å². The van der Waals surface area contributed by atoms with Crippen LogP contribution in [0.25, 0.3) is 0 Å². The van der Waals surface area contributed by atoms with Gasteiger partial charge in [0, 0.05) is 17.6 Å². The third-order valence-corrected chi connectivity index (χ3v) is 8.40. The smallest absolute Gasteiger partial charge is 0.264 e. The lowest BCUT2D eigenvalue weighted by molar-refractivity contribution is -0.139. The number of carbonyl (C=O) groups is 2. The number of rotatable bonds is 11. The summed E-state index contributed by atoms with van der Waals surface area (Å²) in [6.45, 7) is 7.55. The molecule has 2 amide bonds. The highest BCUT2D eigenvalue weighted by Gasteiger charge is 2.32. The van der Waals surface area contributed by atoms with Crippen LogP contribution in [0.5, 0.6) is 0 Å². The number of nitrogens with zero attached hydrogens (tertiary/aromatic N) is 2. The Morgan fingerprint density at radius 2 is 1.55 bits per heavy atom. The van der Waals surface area contributed by atoms with Crippen LogP contribution in [0.1, 0.15) is 37.0 Å². The molecule has 3 aromatic rings. The van der Waals surface area contributed by atoms with Crippen molar-refractivity contribution >= 4 is 43.5 Å². The first-order chi connectivity index (χ1) is 18.0. The molecule has 3 aromatic carbocycles. The number of hydrogen-bond acceptors (Lipinski definition) is 4. The molecule has 38 heavy (non-hydrogen) atoms. The molecule has 0 fully saturated rings. The molecule has 0 radical (unpaired) electrons. The summed E-state index contributed by atoms with van der Waals surface area (Å²) in [4.78, 5) is 28.3. The van der Waals surface area contributed by atoms with Gasteiger partial charge in [0.05, 0.1) is 10.6 Å². The van der Waals surface area contributed by atoms with Crippen molar-refractivity contribution in [2.75, 3.05) is 17.4 Å². The first-order valence-corrected chi connectivity index (χ1v) is 14.7. The van der Waals surface area contributed by atoms with Gasteiger partial charge < -0.3 is 10.2 Å². The molecule has 0 aromatic heterocycles. The number of amides is 2. The largest absolute Gasteiger partial charge is 0.354 e. The molecule has 0 saturated heterocycles. The van der Waals surface area contributed by atoms with Gasteiger partial charge in [-0.2, -0.15) is 0 Å². The van der Waals surface area contributed by atoms with Crippen LogP contribution in [-0.4, -0.2) is 44.3 Å². The molecular weight excluding hydrogens is 566 g/mol. The predicted molar refractivity (Wildman–Crippen MR) is 154 cm³/mol. The predicted octanol–water partition coefficient (Wildman–Crippen LogP) is 5.20. The molecule has 0 unspecified atom stereocenters. The van der Waals surface area contributed by atoms with E-state index in [1.54, 1.807) is 37.3 Å². The van der Waals surface area contributed by atoms with Crippen LogP contribution in [0, 0.1) is 13.8 Å². The maximum Gasteiger partial charge on any atom is 0.264 e. The van der Waals surface area contributed by atoms with Crippen molar-refractivity contribution in [1.82, 2.24) is 10.2 Å². The first-order valence-electron chi connectivity index (χ1n) is 12.5. The molecule has 0 saturated carbocycles. The number of hydrogen-bond donors (Lipinski definition) is 1. The number of anilines is 1. The zero-order valence-corrected chi connectivity index (χ0v) is 24.6. The van der Waals surface area contributed by atoms with Gasteiger partial charge in [0.15, 0.2) is 0 Å². The van der Waals surface area contributed by atoms with Gasteiger partial charge in [0.2, 0.25) is 11.8 Å². The Hall–Kier alpha value is -3.17. The van der Waals surface area contributed by atoms with Gasteiger partial charge in [-0.3, -0.25) is 13.9 Å². The Morgan fingerprint density at radius 1 is 0.947 bits per heavy atom. The van der Waals surface area contributed by atoms with Crippen molar-refractivity contribution in [2.45, 2.75) is 51.6 Å². The van der Waals surface area contributed by atoms with Gasteiger partial charge in [-0.1, -0.05) is 59.3 Å². The maximum atomic E-state index is 13.9. The Balaban J connectivity index is 2.03. The van der Waals surface area contributed by atoms with Gasteiger partial charge in [-0.25, -0.2) is 8.42 Å². The zero-order chi connectivity index (χ0) is 27.9. The molecule has 1 atom stereocenters. The minimum atomic E-state index is -4.08. The number of halogens is 1. The molecule has 9 heteroatoms. The van der Waals surface area contributed by atoms with E-state index >= 15 is 0 Å². The summed E-state index contributed by atoms with van der Waals surface area (Å²) in [6.07, 6.45) is 0.759. The summed E-state index contributed by atoms with van der Waals surface area (Å²) < 4.78 is 29.7. The van der Waals surface area contributed by atoms with Gasteiger partial charge in [-0.15, -0.1) is 0 Å². The highest BCUT2D eigenvalue weighted by molar-refractivity contribution is 9.10. The van der Waals surface area contributed by atoms with E-state index in [-0.39, 0.29) is 17.3 Å². The molecule has 0 aliphatic rings. The Kier molecular flexibility index (Phi) is 10.1. The standard InChI is InChI=1S/C29H34BrN3O4S/c1-5-15-31-29(35)23(4)32(19-24-11-13-25(30)14-12-24)28(34)20-33(26-17-21(2)16-22(3)18-26)38(36,37)27-9-7-6-8-10-27/h6-14,16-18,23H,5,15,19-20H2,1-4H3,(H,31,35)/t23-/m0/s1. The third kappa shape index (κ3) is 7.45. The lowest BCUT2D eigenvalue weighted by Gasteiger charge is -2.32. The van der Waals surface area contributed by atoms with Gasteiger partial charge in [-0.05, 0) is 80.3 Å². The molecule has 1 N–H and O–H groups in total. The second-order valence-electron chi connectivity index (χ2n) is 9.29. The van der Waals surface area contributed by atoms with Crippen LogP contribution in [0.4, 0.5) is 5.69 Å².